The molecule has 2 nitrogen and oxygen atoms in total. The molecule has 0 aliphatic heterocycles. The normalized spacial score (nSPS) is 19.2. The number of hydrogen-bond acceptors (Lipinski definition) is 2. The Kier molecular flexibility index (Phi) is 4.06. The van der Waals surface area contributed by atoms with Gasteiger partial charge in [-0.15, -0.1) is 0 Å². The van der Waals surface area contributed by atoms with Crippen LogP contribution < -0.4 is 10.5 Å². The Hall–Kier alpha value is -1.02. The van der Waals surface area contributed by atoms with Crippen molar-refractivity contribution >= 4 is 0 Å². The molecule has 1 aromatic rings. The van der Waals surface area contributed by atoms with Crippen LogP contribution in [-0.2, 0) is 12.8 Å². The zero-order chi connectivity index (χ0) is 12.3. The van der Waals surface area contributed by atoms with Crippen LogP contribution in [0.2, 0.25) is 0 Å². The van der Waals surface area contributed by atoms with Crippen LogP contribution in [0, 0.1) is 11.8 Å². The Balaban J connectivity index is 2.05. The van der Waals surface area contributed by atoms with Crippen LogP contribution in [0.25, 0.3) is 0 Å². The quantitative estimate of drug-likeness (QED) is 0.868. The highest BCUT2D eigenvalue weighted by Gasteiger charge is 2.17. The maximum absolute atomic E-state index is 5.76. The van der Waals surface area contributed by atoms with Gasteiger partial charge in [-0.05, 0) is 60.9 Å². The molecule has 1 aromatic carbocycles. The van der Waals surface area contributed by atoms with Crippen LogP contribution in [0.1, 0.15) is 31.4 Å². The minimum absolute atomic E-state index is 0.577. The van der Waals surface area contributed by atoms with Gasteiger partial charge in [-0.3, -0.25) is 0 Å². The average molecular weight is 233 g/mol. The lowest BCUT2D eigenvalue weighted by Crippen LogP contribution is -2.22. The maximum Gasteiger partial charge on any atom is 0.119 e. The number of fused-ring (bicyclic) bond motifs is 1. The first-order valence-corrected chi connectivity index (χ1v) is 6.63. The molecule has 0 heterocycles. The van der Waals surface area contributed by atoms with Crippen LogP contribution in [0.4, 0.5) is 0 Å². The molecule has 0 bridgehead atoms. The Labute approximate surface area is 104 Å². The minimum atomic E-state index is 0.577. The van der Waals surface area contributed by atoms with Crippen molar-refractivity contribution in [3.05, 3.63) is 29.3 Å². The van der Waals surface area contributed by atoms with E-state index in [9.17, 15) is 0 Å². The fourth-order valence-corrected chi connectivity index (χ4v) is 2.36. The first-order chi connectivity index (χ1) is 8.19. The van der Waals surface area contributed by atoms with Crippen molar-refractivity contribution < 1.29 is 4.74 Å². The van der Waals surface area contributed by atoms with Crippen LogP contribution in [0.3, 0.4) is 0 Å². The molecule has 0 aromatic heterocycles. The van der Waals surface area contributed by atoms with Crippen molar-refractivity contribution in [3.8, 4) is 5.75 Å². The lowest BCUT2D eigenvalue weighted by atomic mass is 9.84. The second-order valence-corrected chi connectivity index (χ2v) is 5.48. The summed E-state index contributed by atoms with van der Waals surface area (Å²) >= 11 is 0. The highest BCUT2D eigenvalue weighted by molar-refractivity contribution is 5.37. The lowest BCUT2D eigenvalue weighted by molar-refractivity contribution is 0.270. The first kappa shape index (κ1) is 12.4. The molecular formula is C15H23NO. The third-order valence-electron chi connectivity index (χ3n) is 3.42. The molecule has 2 heteroatoms. The molecule has 0 fully saturated rings. The van der Waals surface area contributed by atoms with E-state index in [2.05, 4.69) is 32.0 Å². The summed E-state index contributed by atoms with van der Waals surface area (Å²) in [4.78, 5) is 0. The monoisotopic (exact) mass is 233 g/mol. The van der Waals surface area contributed by atoms with Gasteiger partial charge in [0.25, 0.3) is 0 Å². The smallest absolute Gasteiger partial charge is 0.119 e. The van der Waals surface area contributed by atoms with Crippen LogP contribution in [-0.4, -0.2) is 13.2 Å². The molecule has 2 rings (SSSR count). The zero-order valence-corrected chi connectivity index (χ0v) is 10.9. The van der Waals surface area contributed by atoms with E-state index < -0.39 is 0 Å². The van der Waals surface area contributed by atoms with E-state index in [1.54, 1.807) is 0 Å². The summed E-state index contributed by atoms with van der Waals surface area (Å²) < 4.78 is 5.76. The van der Waals surface area contributed by atoms with E-state index in [0.29, 0.717) is 11.8 Å². The highest BCUT2D eigenvalue weighted by atomic mass is 16.5. The molecule has 0 saturated heterocycles. The van der Waals surface area contributed by atoms with Gasteiger partial charge in [-0.25, -0.2) is 0 Å². The molecule has 1 unspecified atom stereocenters. The van der Waals surface area contributed by atoms with Gasteiger partial charge < -0.3 is 10.5 Å². The van der Waals surface area contributed by atoms with Crippen molar-refractivity contribution in [2.75, 3.05) is 13.2 Å². The number of hydrogen-bond donors (Lipinski definition) is 1. The number of benzene rings is 1. The molecule has 17 heavy (non-hydrogen) atoms. The summed E-state index contributed by atoms with van der Waals surface area (Å²) in [5, 5.41) is 0. The summed E-state index contributed by atoms with van der Waals surface area (Å²) in [6.45, 7) is 5.95. The standard InChI is InChI=1S/C15H23NO/c1-11(2)10-17-15-6-5-13-7-12(9-16)3-4-14(13)8-15/h5-6,8,11-12H,3-4,7,9-10,16H2,1-2H3. The van der Waals surface area contributed by atoms with E-state index in [1.165, 1.54) is 17.5 Å². The third-order valence-corrected chi connectivity index (χ3v) is 3.42. The van der Waals surface area contributed by atoms with E-state index in [-0.39, 0.29) is 0 Å². The molecule has 94 valence electrons. The van der Waals surface area contributed by atoms with Crippen molar-refractivity contribution in [1.29, 1.82) is 0 Å². The molecular weight excluding hydrogens is 210 g/mol. The summed E-state index contributed by atoms with van der Waals surface area (Å²) in [6, 6.07) is 6.53. The van der Waals surface area contributed by atoms with E-state index in [4.69, 9.17) is 10.5 Å². The Morgan fingerprint density at radius 3 is 2.88 bits per heavy atom. The molecule has 0 spiro atoms. The van der Waals surface area contributed by atoms with Gasteiger partial charge in [0.1, 0.15) is 5.75 Å². The fourth-order valence-electron chi connectivity index (χ4n) is 2.36. The molecule has 2 N–H and O–H groups in total. The van der Waals surface area contributed by atoms with Gasteiger partial charge in [-0.2, -0.15) is 0 Å². The van der Waals surface area contributed by atoms with Gasteiger partial charge >= 0.3 is 0 Å². The molecule has 1 aliphatic rings. The Morgan fingerprint density at radius 1 is 1.35 bits per heavy atom. The van der Waals surface area contributed by atoms with E-state index in [1.807, 2.05) is 0 Å². The summed E-state index contributed by atoms with van der Waals surface area (Å²) in [6.07, 6.45) is 3.50. The maximum atomic E-state index is 5.76. The van der Waals surface area contributed by atoms with E-state index in [0.717, 1.165) is 31.7 Å². The van der Waals surface area contributed by atoms with Crippen LogP contribution in [0.5, 0.6) is 5.75 Å². The molecule has 1 atom stereocenters. The topological polar surface area (TPSA) is 35.2 Å². The summed E-state index contributed by atoms with van der Waals surface area (Å²) in [5.74, 6) is 2.27. The first-order valence-electron chi connectivity index (χ1n) is 6.63. The Morgan fingerprint density at radius 2 is 2.18 bits per heavy atom. The second kappa shape index (κ2) is 5.54. The summed E-state index contributed by atoms with van der Waals surface area (Å²) in [7, 11) is 0. The van der Waals surface area contributed by atoms with Gasteiger partial charge in [0.15, 0.2) is 0 Å². The van der Waals surface area contributed by atoms with Crippen molar-refractivity contribution in [2.24, 2.45) is 17.6 Å². The zero-order valence-electron chi connectivity index (χ0n) is 10.9. The number of ether oxygens (including phenoxy) is 1. The molecule has 0 radical (unpaired) electrons. The molecule has 1 aliphatic carbocycles. The predicted molar refractivity (Wildman–Crippen MR) is 71.3 cm³/mol. The lowest BCUT2D eigenvalue weighted by Gasteiger charge is -2.24. The van der Waals surface area contributed by atoms with Gasteiger partial charge in [0.05, 0.1) is 6.61 Å². The van der Waals surface area contributed by atoms with Crippen molar-refractivity contribution in [3.63, 3.8) is 0 Å². The number of aryl methyl sites for hydroxylation is 1. The molecule has 0 saturated carbocycles. The van der Waals surface area contributed by atoms with Gasteiger partial charge in [-0.1, -0.05) is 19.9 Å². The van der Waals surface area contributed by atoms with E-state index >= 15 is 0 Å². The third kappa shape index (κ3) is 3.22. The van der Waals surface area contributed by atoms with Gasteiger partial charge in [0, 0.05) is 0 Å². The predicted octanol–water partition coefficient (Wildman–Crippen LogP) is 2.79. The average Bonchev–Trinajstić information content (AvgIpc) is 2.35. The van der Waals surface area contributed by atoms with Crippen molar-refractivity contribution in [1.82, 2.24) is 0 Å². The molecule has 0 amide bonds. The second-order valence-electron chi connectivity index (χ2n) is 5.48. The van der Waals surface area contributed by atoms with Crippen LogP contribution in [0.15, 0.2) is 18.2 Å². The fraction of sp³-hybridized carbons (Fsp3) is 0.600. The Bertz CT molecular complexity index is 373. The highest BCUT2D eigenvalue weighted by Crippen LogP contribution is 2.28. The largest absolute Gasteiger partial charge is 0.493 e. The van der Waals surface area contributed by atoms with Crippen molar-refractivity contribution in [2.45, 2.75) is 33.1 Å². The van der Waals surface area contributed by atoms with Gasteiger partial charge in [0.2, 0.25) is 0 Å². The minimum Gasteiger partial charge on any atom is -0.493 e. The SMILES string of the molecule is CC(C)COc1ccc2c(c1)CCC(CN)C2. The summed E-state index contributed by atoms with van der Waals surface area (Å²) in [5.41, 5.74) is 8.66. The van der Waals surface area contributed by atoms with Crippen LogP contribution >= 0.6 is 0 Å². The number of rotatable bonds is 4. The number of nitrogens with two attached hydrogens (primary N) is 1.